The first kappa shape index (κ1) is 12.1. The van der Waals surface area contributed by atoms with Crippen LogP contribution in [-0.2, 0) is 0 Å². The van der Waals surface area contributed by atoms with E-state index in [-0.39, 0.29) is 6.10 Å². The van der Waals surface area contributed by atoms with Gasteiger partial charge in [-0.3, -0.25) is 0 Å². The SMILES string of the molecule is CC(C)Oc1cccc(NCC2CCC2)c1N. The van der Waals surface area contributed by atoms with Crippen molar-refractivity contribution in [3.8, 4) is 5.75 Å². The Kier molecular flexibility index (Phi) is 3.77. The molecule has 0 heterocycles. The van der Waals surface area contributed by atoms with Gasteiger partial charge in [0.2, 0.25) is 0 Å². The number of hydrogen-bond acceptors (Lipinski definition) is 3. The molecule has 1 saturated carbocycles. The quantitative estimate of drug-likeness (QED) is 0.769. The summed E-state index contributed by atoms with van der Waals surface area (Å²) in [6, 6.07) is 5.92. The Morgan fingerprint density at radius 2 is 2.18 bits per heavy atom. The lowest BCUT2D eigenvalue weighted by molar-refractivity contribution is 0.244. The van der Waals surface area contributed by atoms with Crippen LogP contribution < -0.4 is 15.8 Å². The van der Waals surface area contributed by atoms with Crippen LogP contribution in [0.4, 0.5) is 11.4 Å². The molecule has 0 atom stereocenters. The predicted octanol–water partition coefficient (Wildman–Crippen LogP) is 3.27. The zero-order valence-electron chi connectivity index (χ0n) is 10.7. The van der Waals surface area contributed by atoms with Gasteiger partial charge in [-0.05, 0) is 44.7 Å². The minimum Gasteiger partial charge on any atom is -0.489 e. The second-order valence-corrected chi connectivity index (χ2v) is 5.06. The lowest BCUT2D eigenvalue weighted by Gasteiger charge is -2.26. The fourth-order valence-electron chi connectivity index (χ4n) is 2.01. The monoisotopic (exact) mass is 234 g/mol. The standard InChI is InChI=1S/C14H22N2O/c1-10(2)17-13-8-4-7-12(14(13)15)16-9-11-5-3-6-11/h4,7-8,10-11,16H,3,5-6,9,15H2,1-2H3. The largest absolute Gasteiger partial charge is 0.489 e. The van der Waals surface area contributed by atoms with Crippen molar-refractivity contribution in [1.29, 1.82) is 0 Å². The fraction of sp³-hybridized carbons (Fsp3) is 0.571. The zero-order valence-corrected chi connectivity index (χ0v) is 10.7. The summed E-state index contributed by atoms with van der Waals surface area (Å²) in [5.74, 6) is 1.60. The summed E-state index contributed by atoms with van der Waals surface area (Å²) >= 11 is 0. The van der Waals surface area contributed by atoms with Gasteiger partial charge >= 0.3 is 0 Å². The first-order valence-electron chi connectivity index (χ1n) is 6.46. The molecule has 0 radical (unpaired) electrons. The number of rotatable bonds is 5. The number of ether oxygens (including phenoxy) is 1. The average molecular weight is 234 g/mol. The molecule has 1 aromatic carbocycles. The van der Waals surface area contributed by atoms with E-state index in [0.717, 1.165) is 29.6 Å². The van der Waals surface area contributed by atoms with Crippen LogP contribution in [0.5, 0.6) is 5.75 Å². The van der Waals surface area contributed by atoms with Crippen molar-refractivity contribution >= 4 is 11.4 Å². The molecule has 94 valence electrons. The first-order valence-corrected chi connectivity index (χ1v) is 6.46. The fourth-order valence-corrected chi connectivity index (χ4v) is 2.01. The van der Waals surface area contributed by atoms with E-state index >= 15 is 0 Å². The molecule has 0 aliphatic heterocycles. The van der Waals surface area contributed by atoms with E-state index in [2.05, 4.69) is 5.32 Å². The molecule has 0 saturated heterocycles. The number of benzene rings is 1. The van der Waals surface area contributed by atoms with Gasteiger partial charge < -0.3 is 15.8 Å². The van der Waals surface area contributed by atoms with Crippen LogP contribution in [0.3, 0.4) is 0 Å². The highest BCUT2D eigenvalue weighted by Crippen LogP contribution is 2.32. The maximum Gasteiger partial charge on any atom is 0.144 e. The predicted molar refractivity (Wildman–Crippen MR) is 72.4 cm³/mol. The highest BCUT2D eigenvalue weighted by atomic mass is 16.5. The molecule has 0 bridgehead atoms. The van der Waals surface area contributed by atoms with Crippen molar-refractivity contribution in [3.63, 3.8) is 0 Å². The normalized spacial score (nSPS) is 15.7. The summed E-state index contributed by atoms with van der Waals surface area (Å²) in [4.78, 5) is 0. The molecule has 0 aromatic heterocycles. The van der Waals surface area contributed by atoms with Gasteiger partial charge in [0, 0.05) is 6.54 Å². The van der Waals surface area contributed by atoms with E-state index in [4.69, 9.17) is 10.5 Å². The summed E-state index contributed by atoms with van der Waals surface area (Å²) < 4.78 is 5.67. The summed E-state index contributed by atoms with van der Waals surface area (Å²) in [7, 11) is 0. The Morgan fingerprint density at radius 3 is 2.76 bits per heavy atom. The average Bonchev–Trinajstić information content (AvgIpc) is 2.20. The van der Waals surface area contributed by atoms with Gasteiger partial charge in [-0.1, -0.05) is 12.5 Å². The number of para-hydroxylation sites is 1. The van der Waals surface area contributed by atoms with Crippen LogP contribution in [-0.4, -0.2) is 12.6 Å². The number of nitrogen functional groups attached to an aromatic ring is 1. The van der Waals surface area contributed by atoms with E-state index in [1.54, 1.807) is 0 Å². The Balaban J connectivity index is 2.00. The van der Waals surface area contributed by atoms with Gasteiger partial charge in [-0.15, -0.1) is 0 Å². The van der Waals surface area contributed by atoms with E-state index in [1.165, 1.54) is 19.3 Å². The van der Waals surface area contributed by atoms with Crippen LogP contribution in [0.2, 0.25) is 0 Å². The van der Waals surface area contributed by atoms with Crippen LogP contribution in [0, 0.1) is 5.92 Å². The molecule has 1 aliphatic carbocycles. The maximum atomic E-state index is 6.09. The van der Waals surface area contributed by atoms with E-state index in [0.29, 0.717) is 0 Å². The minimum absolute atomic E-state index is 0.152. The topological polar surface area (TPSA) is 47.3 Å². The molecule has 3 nitrogen and oxygen atoms in total. The van der Waals surface area contributed by atoms with Gasteiger partial charge in [0.15, 0.2) is 0 Å². The molecule has 1 aromatic rings. The number of hydrogen-bond donors (Lipinski definition) is 2. The highest BCUT2D eigenvalue weighted by Gasteiger charge is 2.17. The third kappa shape index (κ3) is 3.05. The molecule has 0 unspecified atom stereocenters. The zero-order chi connectivity index (χ0) is 12.3. The molecule has 1 fully saturated rings. The second-order valence-electron chi connectivity index (χ2n) is 5.06. The summed E-state index contributed by atoms with van der Waals surface area (Å²) in [5, 5.41) is 3.42. The molecule has 1 aliphatic rings. The first-order chi connectivity index (χ1) is 8.16. The number of anilines is 2. The smallest absolute Gasteiger partial charge is 0.144 e. The molecule has 2 rings (SSSR count). The van der Waals surface area contributed by atoms with Gasteiger partial charge in [0.25, 0.3) is 0 Å². The molecule has 3 N–H and O–H groups in total. The Labute approximate surface area is 103 Å². The minimum atomic E-state index is 0.152. The van der Waals surface area contributed by atoms with Gasteiger partial charge in [0.05, 0.1) is 17.5 Å². The van der Waals surface area contributed by atoms with Gasteiger partial charge in [0.1, 0.15) is 5.75 Å². The molecule has 3 heteroatoms. The number of nitrogens with two attached hydrogens (primary N) is 1. The number of nitrogens with one attached hydrogen (secondary N) is 1. The third-order valence-electron chi connectivity index (χ3n) is 3.23. The molecular formula is C14H22N2O. The summed E-state index contributed by atoms with van der Waals surface area (Å²) in [6.45, 7) is 5.04. The van der Waals surface area contributed by atoms with Crippen molar-refractivity contribution in [2.75, 3.05) is 17.6 Å². The van der Waals surface area contributed by atoms with Crippen LogP contribution in [0.25, 0.3) is 0 Å². The molecular weight excluding hydrogens is 212 g/mol. The van der Waals surface area contributed by atoms with Crippen molar-refractivity contribution in [2.45, 2.75) is 39.2 Å². The van der Waals surface area contributed by atoms with Crippen molar-refractivity contribution in [2.24, 2.45) is 5.92 Å². The molecule has 0 amide bonds. The van der Waals surface area contributed by atoms with Crippen molar-refractivity contribution in [3.05, 3.63) is 18.2 Å². The second kappa shape index (κ2) is 5.30. The summed E-state index contributed by atoms with van der Waals surface area (Å²) in [5.41, 5.74) is 7.81. The lowest BCUT2D eigenvalue weighted by atomic mass is 9.85. The van der Waals surface area contributed by atoms with E-state index in [1.807, 2.05) is 32.0 Å². The Morgan fingerprint density at radius 1 is 1.41 bits per heavy atom. The Bertz CT molecular complexity index is 372. The maximum absolute atomic E-state index is 6.09. The molecule has 17 heavy (non-hydrogen) atoms. The Hall–Kier alpha value is -1.38. The van der Waals surface area contributed by atoms with Crippen molar-refractivity contribution in [1.82, 2.24) is 0 Å². The van der Waals surface area contributed by atoms with E-state index < -0.39 is 0 Å². The third-order valence-corrected chi connectivity index (χ3v) is 3.23. The van der Waals surface area contributed by atoms with Crippen LogP contribution >= 0.6 is 0 Å². The molecule has 0 spiro atoms. The lowest BCUT2D eigenvalue weighted by Crippen LogP contribution is -2.21. The van der Waals surface area contributed by atoms with Crippen LogP contribution in [0.15, 0.2) is 18.2 Å². The van der Waals surface area contributed by atoms with Gasteiger partial charge in [-0.25, -0.2) is 0 Å². The van der Waals surface area contributed by atoms with Gasteiger partial charge in [-0.2, -0.15) is 0 Å². The van der Waals surface area contributed by atoms with E-state index in [9.17, 15) is 0 Å². The van der Waals surface area contributed by atoms with Crippen molar-refractivity contribution < 1.29 is 4.74 Å². The highest BCUT2D eigenvalue weighted by molar-refractivity contribution is 5.72. The van der Waals surface area contributed by atoms with Crippen LogP contribution in [0.1, 0.15) is 33.1 Å². The summed E-state index contributed by atoms with van der Waals surface area (Å²) in [6.07, 6.45) is 4.21.